The Balaban J connectivity index is 2.03. The number of hydrogen-bond donors (Lipinski definition) is 0. The maximum atomic E-state index is 2.43. The van der Waals surface area contributed by atoms with Crippen molar-refractivity contribution in [2.24, 2.45) is 0 Å². The molecule has 0 aromatic heterocycles. The summed E-state index contributed by atoms with van der Waals surface area (Å²) in [6, 6.07) is 1.49. The second-order valence-electron chi connectivity index (χ2n) is 2.93. The van der Waals surface area contributed by atoms with Gasteiger partial charge in [0, 0.05) is 0 Å². The Kier molecular flexibility index (Phi) is 3.51. The highest BCUT2D eigenvalue weighted by Crippen LogP contribution is 2.09. The van der Waals surface area contributed by atoms with E-state index in [2.05, 4.69) is 30.5 Å². The van der Waals surface area contributed by atoms with Crippen LogP contribution in [0.25, 0.3) is 0 Å². The Labute approximate surface area is 65.3 Å². The van der Waals surface area contributed by atoms with E-state index < -0.39 is 8.80 Å². The lowest BCUT2D eigenvalue weighted by atomic mass is 10.3. The van der Waals surface area contributed by atoms with Gasteiger partial charge in [-0.15, -0.1) is 0 Å². The van der Waals surface area contributed by atoms with Gasteiger partial charge in [-0.25, -0.2) is 0 Å². The van der Waals surface area contributed by atoms with E-state index in [9.17, 15) is 0 Å². The summed E-state index contributed by atoms with van der Waals surface area (Å²) in [5, 5.41) is 0. The molecule has 0 bridgehead atoms. The molecule has 0 unspecified atom stereocenters. The van der Waals surface area contributed by atoms with Crippen molar-refractivity contribution in [2.75, 3.05) is 0 Å². The van der Waals surface area contributed by atoms with Crippen molar-refractivity contribution in [3.05, 3.63) is 23.6 Å². The predicted octanol–water partition coefficient (Wildman–Crippen LogP) is 2.61. The first-order valence-corrected chi connectivity index (χ1v) is 6.43. The van der Waals surface area contributed by atoms with Crippen LogP contribution in [-0.4, -0.2) is 8.80 Å². The fraction of sp³-hybridized carbons (Fsp3) is 0.556. The molecule has 1 heteroatoms. The van der Waals surface area contributed by atoms with Crippen LogP contribution in [-0.2, 0) is 0 Å². The quantitative estimate of drug-likeness (QED) is 0.429. The SMILES string of the molecule is CCCCC[SiH]1C=CC=C1. The molecular formula is C9H16Si. The zero-order valence-corrected chi connectivity index (χ0v) is 7.87. The number of unbranched alkanes of at least 4 members (excludes halogenated alkanes) is 2. The van der Waals surface area contributed by atoms with Gasteiger partial charge in [-0.2, -0.15) is 0 Å². The molecule has 0 fully saturated rings. The minimum atomic E-state index is -0.474. The van der Waals surface area contributed by atoms with E-state index >= 15 is 0 Å². The molecule has 0 aromatic carbocycles. The van der Waals surface area contributed by atoms with E-state index in [0.717, 1.165) is 0 Å². The molecule has 0 spiro atoms. The van der Waals surface area contributed by atoms with Crippen LogP contribution in [0.1, 0.15) is 26.2 Å². The molecule has 0 amide bonds. The second kappa shape index (κ2) is 4.50. The summed E-state index contributed by atoms with van der Waals surface area (Å²) in [4.78, 5) is 0. The predicted molar refractivity (Wildman–Crippen MR) is 49.8 cm³/mol. The Bertz CT molecular complexity index is 124. The third kappa shape index (κ3) is 2.52. The first-order valence-electron chi connectivity index (χ1n) is 4.28. The van der Waals surface area contributed by atoms with Crippen molar-refractivity contribution < 1.29 is 0 Å². The highest BCUT2D eigenvalue weighted by Gasteiger charge is 2.03. The first kappa shape index (κ1) is 7.80. The summed E-state index contributed by atoms with van der Waals surface area (Å²) < 4.78 is 0. The zero-order valence-electron chi connectivity index (χ0n) is 6.72. The van der Waals surface area contributed by atoms with E-state index in [1.165, 1.54) is 25.3 Å². The van der Waals surface area contributed by atoms with Gasteiger partial charge in [0.1, 0.15) is 0 Å². The first-order chi connectivity index (χ1) is 4.93. The average Bonchev–Trinajstić information content (AvgIpc) is 2.41. The van der Waals surface area contributed by atoms with Crippen LogP contribution < -0.4 is 0 Å². The third-order valence-corrected chi connectivity index (χ3v) is 4.48. The van der Waals surface area contributed by atoms with Crippen LogP contribution in [0.15, 0.2) is 23.6 Å². The van der Waals surface area contributed by atoms with Gasteiger partial charge < -0.3 is 0 Å². The van der Waals surface area contributed by atoms with Gasteiger partial charge in [-0.05, 0) is 0 Å². The molecule has 0 aliphatic carbocycles. The van der Waals surface area contributed by atoms with Crippen LogP contribution in [0.3, 0.4) is 0 Å². The molecule has 0 saturated carbocycles. The van der Waals surface area contributed by atoms with Crippen molar-refractivity contribution in [3.8, 4) is 0 Å². The Morgan fingerprint density at radius 3 is 2.40 bits per heavy atom. The zero-order chi connectivity index (χ0) is 7.23. The van der Waals surface area contributed by atoms with Crippen molar-refractivity contribution in [2.45, 2.75) is 32.2 Å². The number of allylic oxidation sites excluding steroid dienone is 2. The molecule has 56 valence electrons. The van der Waals surface area contributed by atoms with Crippen LogP contribution in [0.4, 0.5) is 0 Å². The van der Waals surface area contributed by atoms with E-state index in [1.807, 2.05) is 0 Å². The Morgan fingerprint density at radius 2 is 1.80 bits per heavy atom. The normalized spacial score (nSPS) is 16.9. The van der Waals surface area contributed by atoms with Gasteiger partial charge in [0.15, 0.2) is 0 Å². The lowest BCUT2D eigenvalue weighted by Crippen LogP contribution is -2.01. The van der Waals surface area contributed by atoms with Crippen molar-refractivity contribution >= 4 is 8.80 Å². The molecule has 1 aliphatic rings. The van der Waals surface area contributed by atoms with E-state index in [1.54, 1.807) is 0 Å². The second-order valence-corrected chi connectivity index (χ2v) is 5.60. The van der Waals surface area contributed by atoms with Crippen LogP contribution in [0.5, 0.6) is 0 Å². The molecule has 1 rings (SSSR count). The molecule has 1 heterocycles. The summed E-state index contributed by atoms with van der Waals surface area (Å²) in [5.41, 5.74) is 4.85. The fourth-order valence-electron chi connectivity index (χ4n) is 1.30. The molecule has 1 aliphatic heterocycles. The number of rotatable bonds is 4. The van der Waals surface area contributed by atoms with Crippen LogP contribution in [0, 0.1) is 0 Å². The largest absolute Gasteiger partial charge is 0.0935 e. The van der Waals surface area contributed by atoms with E-state index in [4.69, 9.17) is 0 Å². The molecule has 0 atom stereocenters. The van der Waals surface area contributed by atoms with E-state index in [0.29, 0.717) is 0 Å². The highest BCUT2D eigenvalue weighted by atomic mass is 28.3. The van der Waals surface area contributed by atoms with E-state index in [-0.39, 0.29) is 0 Å². The Hall–Kier alpha value is -0.303. The van der Waals surface area contributed by atoms with Crippen molar-refractivity contribution in [3.63, 3.8) is 0 Å². The molecule has 10 heavy (non-hydrogen) atoms. The minimum absolute atomic E-state index is 0.474. The smallest absolute Gasteiger partial charge is 0.0852 e. The van der Waals surface area contributed by atoms with Gasteiger partial charge in [-0.3, -0.25) is 0 Å². The summed E-state index contributed by atoms with van der Waals surface area (Å²) in [5.74, 6) is 0. The minimum Gasteiger partial charge on any atom is -0.0935 e. The summed E-state index contributed by atoms with van der Waals surface area (Å²) in [6.45, 7) is 2.27. The number of hydrogen-bond acceptors (Lipinski definition) is 0. The third-order valence-electron chi connectivity index (χ3n) is 1.97. The summed E-state index contributed by atoms with van der Waals surface area (Å²) in [6.07, 6.45) is 8.65. The fourth-order valence-corrected chi connectivity index (χ4v) is 3.40. The average molecular weight is 152 g/mol. The molecule has 0 nitrogen and oxygen atoms in total. The van der Waals surface area contributed by atoms with Gasteiger partial charge in [0.25, 0.3) is 0 Å². The van der Waals surface area contributed by atoms with Gasteiger partial charge in [0.2, 0.25) is 0 Å². The van der Waals surface area contributed by atoms with Crippen LogP contribution >= 0.6 is 0 Å². The lowest BCUT2D eigenvalue weighted by Gasteiger charge is -2.00. The Morgan fingerprint density at radius 1 is 1.10 bits per heavy atom. The molecule has 0 aromatic rings. The molecule has 0 saturated heterocycles. The lowest BCUT2D eigenvalue weighted by molar-refractivity contribution is 0.768. The van der Waals surface area contributed by atoms with Crippen molar-refractivity contribution in [1.29, 1.82) is 0 Å². The molecule has 0 N–H and O–H groups in total. The monoisotopic (exact) mass is 152 g/mol. The van der Waals surface area contributed by atoms with Crippen LogP contribution in [0.2, 0.25) is 6.04 Å². The molecule has 0 radical (unpaired) electrons. The summed E-state index contributed by atoms with van der Waals surface area (Å²) >= 11 is 0. The van der Waals surface area contributed by atoms with Gasteiger partial charge in [-0.1, -0.05) is 55.8 Å². The maximum absolute atomic E-state index is 2.43. The van der Waals surface area contributed by atoms with Gasteiger partial charge in [0.05, 0.1) is 8.80 Å². The standard InChI is InChI=1S/C9H16Si/c1-2-3-4-7-10-8-5-6-9-10/h5-6,8-10H,2-4,7H2,1H3. The summed E-state index contributed by atoms with van der Waals surface area (Å²) in [7, 11) is -0.474. The van der Waals surface area contributed by atoms with Crippen molar-refractivity contribution in [1.82, 2.24) is 0 Å². The topological polar surface area (TPSA) is 0 Å². The van der Waals surface area contributed by atoms with Gasteiger partial charge >= 0.3 is 0 Å². The molecular weight excluding hydrogens is 136 g/mol. The highest BCUT2D eigenvalue weighted by molar-refractivity contribution is 6.70. The maximum Gasteiger partial charge on any atom is 0.0852 e.